The number of hydrogen-bond donors (Lipinski definition) is 7. The van der Waals surface area contributed by atoms with Gasteiger partial charge in [0.15, 0.2) is 0 Å². The Morgan fingerprint density at radius 2 is 1.52 bits per heavy atom. The fraction of sp³-hybridized carbons (Fsp3) is 0.400. The Bertz CT molecular complexity index is 877. The smallest absolute Gasteiger partial charge is 0.326 e. The lowest BCUT2D eigenvalue weighted by molar-refractivity contribution is -0.142. The van der Waals surface area contributed by atoms with E-state index >= 15 is 0 Å². The molecule has 13 nitrogen and oxygen atoms in total. The molecule has 1 aromatic rings. The summed E-state index contributed by atoms with van der Waals surface area (Å²) in [6.45, 7) is -0.585. The Kier molecular flexibility index (Phi) is 11.0. The third kappa shape index (κ3) is 10.7. The maximum Gasteiger partial charge on any atom is 0.326 e. The molecule has 3 atom stereocenters. The number of rotatable bonds is 14. The van der Waals surface area contributed by atoms with E-state index in [0.29, 0.717) is 5.56 Å². The van der Waals surface area contributed by atoms with Crippen LogP contribution in [0.5, 0.6) is 0 Å². The first kappa shape index (κ1) is 27.0. The van der Waals surface area contributed by atoms with Gasteiger partial charge in [-0.2, -0.15) is 0 Å². The molecule has 33 heavy (non-hydrogen) atoms. The Hall–Kier alpha value is -4.00. The summed E-state index contributed by atoms with van der Waals surface area (Å²) in [5, 5.41) is 16.3. The number of carbonyl (C=O) groups is 6. The lowest BCUT2D eigenvalue weighted by Crippen LogP contribution is -2.54. The van der Waals surface area contributed by atoms with Crippen molar-refractivity contribution in [3.8, 4) is 0 Å². The Morgan fingerprint density at radius 1 is 0.879 bits per heavy atom. The molecular weight excluding hydrogens is 436 g/mol. The average Bonchev–Trinajstić information content (AvgIpc) is 2.74. The molecule has 5 amide bonds. The molecule has 180 valence electrons. The van der Waals surface area contributed by atoms with Gasteiger partial charge in [-0.25, -0.2) is 4.79 Å². The van der Waals surface area contributed by atoms with Crippen molar-refractivity contribution in [3.05, 3.63) is 35.9 Å². The number of nitrogens with two attached hydrogens (primary N) is 3. The van der Waals surface area contributed by atoms with Crippen molar-refractivity contribution in [1.82, 2.24) is 16.0 Å². The van der Waals surface area contributed by atoms with Crippen molar-refractivity contribution in [2.24, 2.45) is 17.2 Å². The number of carbonyl (C=O) groups excluding carboxylic acids is 5. The topological polar surface area (TPSA) is 237 Å². The molecule has 0 aromatic heterocycles. The Labute approximate surface area is 189 Å². The summed E-state index contributed by atoms with van der Waals surface area (Å²) in [7, 11) is 0. The monoisotopic (exact) mass is 464 g/mol. The van der Waals surface area contributed by atoms with Crippen LogP contribution in [0.2, 0.25) is 0 Å². The lowest BCUT2D eigenvalue weighted by Gasteiger charge is -2.21. The van der Waals surface area contributed by atoms with Gasteiger partial charge in [0.1, 0.15) is 12.1 Å². The van der Waals surface area contributed by atoms with E-state index in [2.05, 4.69) is 16.0 Å². The number of benzene rings is 1. The van der Waals surface area contributed by atoms with Gasteiger partial charge in [-0.05, 0) is 12.0 Å². The molecular formula is C20H28N6O7. The average molecular weight is 464 g/mol. The minimum Gasteiger partial charge on any atom is -0.480 e. The van der Waals surface area contributed by atoms with Gasteiger partial charge in [0, 0.05) is 12.8 Å². The van der Waals surface area contributed by atoms with E-state index in [9.17, 15) is 33.9 Å². The number of carboxylic acid groups (broad SMARTS) is 1. The predicted molar refractivity (Wildman–Crippen MR) is 115 cm³/mol. The van der Waals surface area contributed by atoms with Crippen molar-refractivity contribution < 1.29 is 33.9 Å². The molecule has 3 unspecified atom stereocenters. The van der Waals surface area contributed by atoms with Crippen LogP contribution in [0.15, 0.2) is 30.3 Å². The second-order valence-electron chi connectivity index (χ2n) is 7.21. The van der Waals surface area contributed by atoms with Crippen LogP contribution in [0.25, 0.3) is 0 Å². The van der Waals surface area contributed by atoms with Crippen LogP contribution in [-0.2, 0) is 35.2 Å². The zero-order valence-electron chi connectivity index (χ0n) is 17.8. The molecule has 0 bridgehead atoms. The van der Waals surface area contributed by atoms with Crippen LogP contribution in [0, 0.1) is 0 Å². The van der Waals surface area contributed by atoms with E-state index in [0.717, 1.165) is 0 Å². The van der Waals surface area contributed by atoms with Crippen molar-refractivity contribution >= 4 is 35.5 Å². The van der Waals surface area contributed by atoms with Gasteiger partial charge in [-0.3, -0.25) is 24.0 Å². The third-order valence-corrected chi connectivity index (χ3v) is 4.41. The first-order valence-corrected chi connectivity index (χ1v) is 9.96. The SMILES string of the molecule is NC(=O)CCC(NC(=O)CNC(=O)C(N)CC(N)=O)C(=O)NC(Cc1ccccc1)C(=O)O. The number of nitrogens with one attached hydrogen (secondary N) is 3. The highest BCUT2D eigenvalue weighted by molar-refractivity contribution is 5.93. The molecule has 1 aromatic carbocycles. The minimum atomic E-state index is -1.29. The number of primary amides is 2. The van der Waals surface area contributed by atoms with Gasteiger partial charge in [0.2, 0.25) is 29.5 Å². The Balaban J connectivity index is 2.77. The molecule has 0 radical (unpaired) electrons. The standard InChI is InChI=1S/C20H28N6O7/c21-12(9-16(23)28)18(30)24-10-17(29)25-13(6-7-15(22)27)19(31)26-14(20(32)33)8-11-4-2-1-3-5-11/h1-5,12-14H,6-10,21H2,(H2,22,27)(H2,23,28)(H,24,30)(H,25,29)(H,26,31)(H,32,33). The molecule has 0 fully saturated rings. The van der Waals surface area contributed by atoms with E-state index in [-0.39, 0.29) is 19.3 Å². The predicted octanol–water partition coefficient (Wildman–Crippen LogP) is -3.13. The summed E-state index contributed by atoms with van der Waals surface area (Å²) in [5.74, 6) is -5.28. The first-order valence-electron chi connectivity index (χ1n) is 9.96. The van der Waals surface area contributed by atoms with Crippen molar-refractivity contribution in [2.45, 2.75) is 43.8 Å². The number of hydrogen-bond acceptors (Lipinski definition) is 7. The largest absolute Gasteiger partial charge is 0.480 e. The fourth-order valence-electron chi connectivity index (χ4n) is 2.73. The number of amides is 5. The Morgan fingerprint density at radius 3 is 2.06 bits per heavy atom. The summed E-state index contributed by atoms with van der Waals surface area (Å²) < 4.78 is 0. The maximum atomic E-state index is 12.7. The summed E-state index contributed by atoms with van der Waals surface area (Å²) in [6.07, 6.45) is -0.883. The van der Waals surface area contributed by atoms with E-state index < -0.39 is 66.6 Å². The highest BCUT2D eigenvalue weighted by atomic mass is 16.4. The van der Waals surface area contributed by atoms with Crippen molar-refractivity contribution in [2.75, 3.05) is 6.54 Å². The summed E-state index contributed by atoms with van der Waals surface area (Å²) in [4.78, 5) is 70.2. The van der Waals surface area contributed by atoms with Gasteiger partial charge in [-0.15, -0.1) is 0 Å². The minimum absolute atomic E-state index is 0.00773. The van der Waals surface area contributed by atoms with Gasteiger partial charge in [0.05, 0.1) is 19.0 Å². The van der Waals surface area contributed by atoms with Gasteiger partial charge < -0.3 is 38.3 Å². The molecule has 0 saturated heterocycles. The molecule has 0 spiro atoms. The van der Waals surface area contributed by atoms with Crippen LogP contribution < -0.4 is 33.2 Å². The maximum absolute atomic E-state index is 12.7. The zero-order valence-corrected chi connectivity index (χ0v) is 17.8. The van der Waals surface area contributed by atoms with E-state index in [4.69, 9.17) is 17.2 Å². The second kappa shape index (κ2) is 13.4. The van der Waals surface area contributed by atoms with Crippen LogP contribution >= 0.6 is 0 Å². The van der Waals surface area contributed by atoms with Crippen molar-refractivity contribution in [3.63, 3.8) is 0 Å². The molecule has 0 aliphatic carbocycles. The lowest BCUT2D eigenvalue weighted by atomic mass is 10.0. The molecule has 1 rings (SSSR count). The number of carboxylic acids is 1. The highest BCUT2D eigenvalue weighted by Crippen LogP contribution is 2.05. The van der Waals surface area contributed by atoms with Gasteiger partial charge in [-0.1, -0.05) is 30.3 Å². The van der Waals surface area contributed by atoms with E-state index in [1.165, 1.54) is 0 Å². The molecule has 0 saturated carbocycles. The van der Waals surface area contributed by atoms with Crippen LogP contribution in [-0.4, -0.2) is 65.3 Å². The molecule has 10 N–H and O–H groups in total. The van der Waals surface area contributed by atoms with Crippen LogP contribution in [0.1, 0.15) is 24.8 Å². The van der Waals surface area contributed by atoms with E-state index in [1.54, 1.807) is 30.3 Å². The van der Waals surface area contributed by atoms with Crippen molar-refractivity contribution in [1.29, 1.82) is 0 Å². The van der Waals surface area contributed by atoms with Crippen LogP contribution in [0.4, 0.5) is 0 Å². The quantitative estimate of drug-likeness (QED) is 0.148. The molecule has 0 heterocycles. The van der Waals surface area contributed by atoms with E-state index in [1.807, 2.05) is 0 Å². The number of aliphatic carboxylic acids is 1. The molecule has 13 heteroatoms. The molecule has 0 aliphatic heterocycles. The van der Waals surface area contributed by atoms with Gasteiger partial charge >= 0.3 is 5.97 Å². The summed E-state index contributed by atoms with van der Waals surface area (Å²) in [6, 6.07) is 4.75. The second-order valence-corrected chi connectivity index (χ2v) is 7.21. The van der Waals surface area contributed by atoms with Gasteiger partial charge in [0.25, 0.3) is 0 Å². The zero-order chi connectivity index (χ0) is 25.0. The normalized spacial score (nSPS) is 13.1. The summed E-state index contributed by atoms with van der Waals surface area (Å²) in [5.41, 5.74) is 16.2. The van der Waals surface area contributed by atoms with Crippen LogP contribution in [0.3, 0.4) is 0 Å². The first-order chi connectivity index (χ1) is 15.5. The fourth-order valence-corrected chi connectivity index (χ4v) is 2.73. The third-order valence-electron chi connectivity index (χ3n) is 4.41. The highest BCUT2D eigenvalue weighted by Gasteiger charge is 2.27. The summed E-state index contributed by atoms with van der Waals surface area (Å²) >= 11 is 0. The molecule has 0 aliphatic rings.